The monoisotopic (exact) mass is 446 g/mol. The van der Waals surface area contributed by atoms with Crippen LogP contribution < -0.4 is 10.1 Å². The Hall–Kier alpha value is -3.04. The van der Waals surface area contributed by atoms with Gasteiger partial charge in [0.1, 0.15) is 11.6 Å². The average Bonchev–Trinajstić information content (AvgIpc) is 3.21. The lowest BCUT2D eigenvalue weighted by molar-refractivity contribution is -0.113. The predicted octanol–water partition coefficient (Wildman–Crippen LogP) is 3.57. The first kappa shape index (κ1) is 21.7. The van der Waals surface area contributed by atoms with Gasteiger partial charge in [-0.05, 0) is 35.9 Å². The molecule has 8 nitrogen and oxygen atoms in total. The number of aromatic amines is 1. The van der Waals surface area contributed by atoms with Gasteiger partial charge in [0.15, 0.2) is 0 Å². The SMILES string of the molecule is COC(=O)c1ccc(Cl)c(NC(=O)CSc2n[nH]c(Cc3ccc(OC)cc3)n2)c1. The number of hydrogen-bond donors (Lipinski definition) is 2. The summed E-state index contributed by atoms with van der Waals surface area (Å²) in [5.74, 6) is 0.748. The van der Waals surface area contributed by atoms with Crippen LogP contribution in [-0.4, -0.2) is 47.0 Å². The van der Waals surface area contributed by atoms with E-state index in [0.29, 0.717) is 33.7 Å². The van der Waals surface area contributed by atoms with Gasteiger partial charge < -0.3 is 14.8 Å². The van der Waals surface area contributed by atoms with Gasteiger partial charge in [0.05, 0.1) is 36.2 Å². The van der Waals surface area contributed by atoms with Crippen LogP contribution in [0.2, 0.25) is 5.02 Å². The number of esters is 1. The molecule has 0 aliphatic carbocycles. The van der Waals surface area contributed by atoms with Crippen LogP contribution in [0.3, 0.4) is 0 Å². The summed E-state index contributed by atoms with van der Waals surface area (Å²) in [6.07, 6.45) is 0.583. The van der Waals surface area contributed by atoms with Gasteiger partial charge in [-0.3, -0.25) is 9.89 Å². The van der Waals surface area contributed by atoms with Crippen molar-refractivity contribution in [1.82, 2.24) is 15.2 Å². The molecule has 0 radical (unpaired) electrons. The Morgan fingerprint density at radius 3 is 2.63 bits per heavy atom. The molecule has 156 valence electrons. The molecule has 0 atom stereocenters. The standard InChI is InChI=1S/C20H19ClN4O4S/c1-28-14-6-3-12(4-7-14)9-17-23-20(25-24-17)30-11-18(26)22-16-10-13(19(27)29-2)5-8-15(16)21/h3-8,10H,9,11H2,1-2H3,(H,22,26)(H,23,24,25). The molecule has 1 heterocycles. The molecule has 0 spiro atoms. The molecule has 2 N–H and O–H groups in total. The second-order valence-electron chi connectivity index (χ2n) is 6.11. The van der Waals surface area contributed by atoms with Crippen LogP contribution in [0.4, 0.5) is 5.69 Å². The van der Waals surface area contributed by atoms with E-state index in [0.717, 1.165) is 11.3 Å². The highest BCUT2D eigenvalue weighted by molar-refractivity contribution is 7.99. The van der Waals surface area contributed by atoms with Crippen molar-refractivity contribution in [3.63, 3.8) is 0 Å². The minimum Gasteiger partial charge on any atom is -0.497 e. The number of amides is 1. The highest BCUT2D eigenvalue weighted by Gasteiger charge is 2.13. The van der Waals surface area contributed by atoms with E-state index in [1.807, 2.05) is 24.3 Å². The lowest BCUT2D eigenvalue weighted by Crippen LogP contribution is -2.15. The summed E-state index contributed by atoms with van der Waals surface area (Å²) < 4.78 is 9.82. The van der Waals surface area contributed by atoms with Crippen LogP contribution in [-0.2, 0) is 16.0 Å². The second-order valence-corrected chi connectivity index (χ2v) is 7.46. The zero-order valence-electron chi connectivity index (χ0n) is 16.3. The zero-order chi connectivity index (χ0) is 21.5. The van der Waals surface area contributed by atoms with Crippen LogP contribution in [0.15, 0.2) is 47.6 Å². The Morgan fingerprint density at radius 2 is 1.93 bits per heavy atom. The third kappa shape index (κ3) is 5.74. The van der Waals surface area contributed by atoms with Crippen LogP contribution >= 0.6 is 23.4 Å². The number of thioether (sulfide) groups is 1. The van der Waals surface area contributed by atoms with Crippen LogP contribution in [0, 0.1) is 0 Å². The topological polar surface area (TPSA) is 106 Å². The summed E-state index contributed by atoms with van der Waals surface area (Å²) in [4.78, 5) is 28.3. The lowest BCUT2D eigenvalue weighted by atomic mass is 10.1. The van der Waals surface area contributed by atoms with Gasteiger partial charge in [0.25, 0.3) is 0 Å². The third-order valence-electron chi connectivity index (χ3n) is 4.04. The minimum absolute atomic E-state index is 0.0820. The van der Waals surface area contributed by atoms with Gasteiger partial charge in [0.2, 0.25) is 11.1 Å². The molecule has 30 heavy (non-hydrogen) atoms. The molecule has 10 heteroatoms. The van der Waals surface area contributed by atoms with Crippen molar-refractivity contribution in [1.29, 1.82) is 0 Å². The van der Waals surface area contributed by atoms with Gasteiger partial charge in [-0.25, -0.2) is 9.78 Å². The van der Waals surface area contributed by atoms with Crippen molar-refractivity contribution in [3.05, 3.63) is 64.4 Å². The fourth-order valence-corrected chi connectivity index (χ4v) is 3.32. The fraction of sp³-hybridized carbons (Fsp3) is 0.200. The highest BCUT2D eigenvalue weighted by Crippen LogP contribution is 2.24. The molecule has 0 saturated heterocycles. The number of nitrogens with zero attached hydrogens (tertiary/aromatic N) is 2. The number of aromatic nitrogens is 3. The Morgan fingerprint density at radius 1 is 1.17 bits per heavy atom. The Balaban J connectivity index is 1.54. The first-order valence-electron chi connectivity index (χ1n) is 8.83. The number of carbonyl (C=O) groups excluding carboxylic acids is 2. The van der Waals surface area contributed by atoms with E-state index in [-0.39, 0.29) is 11.7 Å². The van der Waals surface area contributed by atoms with Crippen LogP contribution in [0.25, 0.3) is 0 Å². The van der Waals surface area contributed by atoms with E-state index >= 15 is 0 Å². The molecule has 0 unspecified atom stereocenters. The largest absolute Gasteiger partial charge is 0.497 e. The number of hydrogen-bond acceptors (Lipinski definition) is 7. The second kappa shape index (κ2) is 10.1. The number of halogens is 1. The Labute approximate surface area is 182 Å². The predicted molar refractivity (Wildman–Crippen MR) is 114 cm³/mol. The number of H-pyrrole nitrogens is 1. The maximum Gasteiger partial charge on any atom is 0.337 e. The first-order valence-corrected chi connectivity index (χ1v) is 10.2. The number of nitrogens with one attached hydrogen (secondary N) is 2. The van der Waals surface area contributed by atoms with Gasteiger partial charge in [-0.15, -0.1) is 5.10 Å². The number of methoxy groups -OCH3 is 2. The Bertz CT molecular complexity index is 1040. The van der Waals surface area contributed by atoms with E-state index in [9.17, 15) is 9.59 Å². The average molecular weight is 447 g/mol. The summed E-state index contributed by atoms with van der Waals surface area (Å²) in [7, 11) is 2.90. The fourth-order valence-electron chi connectivity index (χ4n) is 2.54. The molecule has 1 aromatic heterocycles. The lowest BCUT2D eigenvalue weighted by Gasteiger charge is -2.08. The summed E-state index contributed by atoms with van der Waals surface area (Å²) in [5.41, 5.74) is 1.68. The van der Waals surface area contributed by atoms with E-state index in [4.69, 9.17) is 16.3 Å². The van der Waals surface area contributed by atoms with Crippen molar-refractivity contribution in [2.75, 3.05) is 25.3 Å². The van der Waals surface area contributed by atoms with Crippen molar-refractivity contribution in [3.8, 4) is 5.75 Å². The van der Waals surface area contributed by atoms with Gasteiger partial charge in [-0.1, -0.05) is 35.5 Å². The van der Waals surface area contributed by atoms with Crippen molar-refractivity contribution < 1.29 is 19.1 Å². The summed E-state index contributed by atoms with van der Waals surface area (Å²) >= 11 is 7.28. The van der Waals surface area contributed by atoms with E-state index < -0.39 is 5.97 Å². The number of ether oxygens (including phenoxy) is 2. The van der Waals surface area contributed by atoms with Crippen LogP contribution in [0.5, 0.6) is 5.75 Å². The smallest absolute Gasteiger partial charge is 0.337 e. The molecule has 3 aromatic rings. The van der Waals surface area contributed by atoms with E-state index in [2.05, 4.69) is 25.2 Å². The molecular formula is C20H19ClN4O4S. The van der Waals surface area contributed by atoms with Crippen molar-refractivity contribution in [2.24, 2.45) is 0 Å². The van der Waals surface area contributed by atoms with Gasteiger partial charge in [0, 0.05) is 6.42 Å². The molecule has 0 bridgehead atoms. The van der Waals surface area contributed by atoms with Crippen molar-refractivity contribution in [2.45, 2.75) is 11.6 Å². The quantitative estimate of drug-likeness (QED) is 0.402. The number of carbonyl (C=O) groups is 2. The molecule has 2 aromatic carbocycles. The Kier molecular flexibility index (Phi) is 7.31. The summed E-state index contributed by atoms with van der Waals surface area (Å²) in [6.45, 7) is 0. The summed E-state index contributed by atoms with van der Waals surface area (Å²) in [6, 6.07) is 12.2. The van der Waals surface area contributed by atoms with E-state index in [1.165, 1.54) is 37.1 Å². The maximum absolute atomic E-state index is 12.3. The zero-order valence-corrected chi connectivity index (χ0v) is 17.8. The molecule has 0 saturated carbocycles. The summed E-state index contributed by atoms with van der Waals surface area (Å²) in [5, 5.41) is 10.5. The number of benzene rings is 2. The van der Waals surface area contributed by atoms with E-state index in [1.54, 1.807) is 7.11 Å². The number of anilines is 1. The number of rotatable bonds is 8. The van der Waals surface area contributed by atoms with Gasteiger partial charge >= 0.3 is 5.97 Å². The molecule has 3 rings (SSSR count). The maximum atomic E-state index is 12.3. The molecule has 0 fully saturated rings. The molecule has 0 aliphatic rings. The molecule has 1 amide bonds. The molecular weight excluding hydrogens is 428 g/mol. The normalized spacial score (nSPS) is 10.5. The van der Waals surface area contributed by atoms with Crippen molar-refractivity contribution >= 4 is 40.9 Å². The van der Waals surface area contributed by atoms with Crippen LogP contribution in [0.1, 0.15) is 21.7 Å². The minimum atomic E-state index is -0.512. The first-order chi connectivity index (χ1) is 14.5. The highest BCUT2D eigenvalue weighted by atomic mass is 35.5. The molecule has 0 aliphatic heterocycles. The third-order valence-corrected chi connectivity index (χ3v) is 5.21. The van der Waals surface area contributed by atoms with Gasteiger partial charge in [-0.2, -0.15) is 0 Å².